The molecule has 26 heavy (non-hydrogen) atoms. The molecular weight excluding hydrogens is 324 g/mol. The Morgan fingerprint density at radius 2 is 1.96 bits per heavy atom. The van der Waals surface area contributed by atoms with Crippen LogP contribution in [-0.2, 0) is 9.53 Å². The molecule has 1 unspecified atom stereocenters. The smallest absolute Gasteiger partial charge is 0.216 e. The highest BCUT2D eigenvalue weighted by Crippen LogP contribution is 2.38. The predicted octanol–water partition coefficient (Wildman–Crippen LogP) is 4.74. The van der Waals surface area contributed by atoms with Crippen LogP contribution in [0.25, 0.3) is 0 Å². The molecule has 0 radical (unpaired) electrons. The van der Waals surface area contributed by atoms with Gasteiger partial charge in [-0.05, 0) is 49.5 Å². The van der Waals surface area contributed by atoms with Gasteiger partial charge in [-0.15, -0.1) is 0 Å². The Kier molecular flexibility index (Phi) is 8.27. The first-order valence-electron chi connectivity index (χ1n) is 10.3. The topological polar surface area (TPSA) is 50.4 Å². The standard InChI is InChI=1S/C22H36N2O2/c1-4-5-6-7-8-9-10-15-26-20-11-13-22(3)21(16-20)19(17-24-22)12-14-23-18(2)25/h11,16-17,24H,4-10,12-15H2,1-3H3,(H,23,25). The molecule has 0 aromatic carbocycles. The van der Waals surface area contributed by atoms with Gasteiger partial charge in [0.05, 0.1) is 12.1 Å². The first-order valence-corrected chi connectivity index (χ1v) is 10.3. The van der Waals surface area contributed by atoms with Crippen LogP contribution in [0.15, 0.2) is 35.3 Å². The Hall–Kier alpha value is -1.71. The largest absolute Gasteiger partial charge is 0.494 e. The molecule has 2 aliphatic rings. The van der Waals surface area contributed by atoms with E-state index in [1.807, 2.05) is 0 Å². The third kappa shape index (κ3) is 6.22. The zero-order valence-corrected chi connectivity index (χ0v) is 16.8. The zero-order chi connectivity index (χ0) is 18.8. The molecule has 0 fully saturated rings. The highest BCUT2D eigenvalue weighted by Gasteiger charge is 2.36. The van der Waals surface area contributed by atoms with E-state index in [1.165, 1.54) is 49.7 Å². The van der Waals surface area contributed by atoms with Gasteiger partial charge >= 0.3 is 0 Å². The first kappa shape index (κ1) is 20.6. The summed E-state index contributed by atoms with van der Waals surface area (Å²) in [5.74, 6) is 1.02. The van der Waals surface area contributed by atoms with Crippen molar-refractivity contribution in [3.05, 3.63) is 35.3 Å². The zero-order valence-electron chi connectivity index (χ0n) is 16.8. The van der Waals surface area contributed by atoms with Crippen molar-refractivity contribution in [3.8, 4) is 0 Å². The molecule has 0 aromatic heterocycles. The quantitative estimate of drug-likeness (QED) is 0.494. The number of allylic oxidation sites excluding steroid dienone is 1. The molecular formula is C22H36N2O2. The Morgan fingerprint density at radius 3 is 2.69 bits per heavy atom. The molecule has 1 heterocycles. The number of ether oxygens (including phenoxy) is 1. The maximum Gasteiger partial charge on any atom is 0.216 e. The molecule has 1 aliphatic carbocycles. The van der Waals surface area contributed by atoms with E-state index in [9.17, 15) is 4.79 Å². The molecule has 0 bridgehead atoms. The van der Waals surface area contributed by atoms with E-state index < -0.39 is 0 Å². The van der Waals surface area contributed by atoms with E-state index in [1.54, 1.807) is 6.92 Å². The van der Waals surface area contributed by atoms with E-state index in [4.69, 9.17) is 4.74 Å². The minimum absolute atomic E-state index is 0.0237. The fraction of sp³-hybridized carbons (Fsp3) is 0.682. The van der Waals surface area contributed by atoms with Gasteiger partial charge in [-0.25, -0.2) is 0 Å². The molecule has 0 spiro atoms. The third-order valence-corrected chi connectivity index (χ3v) is 5.29. The van der Waals surface area contributed by atoms with Gasteiger partial charge in [0.15, 0.2) is 0 Å². The summed E-state index contributed by atoms with van der Waals surface area (Å²) in [5, 5.41) is 6.38. The summed E-state index contributed by atoms with van der Waals surface area (Å²) in [4.78, 5) is 11.1. The van der Waals surface area contributed by atoms with Gasteiger partial charge in [0.2, 0.25) is 5.91 Å². The van der Waals surface area contributed by atoms with Crippen molar-refractivity contribution >= 4 is 5.91 Å². The normalized spacial score (nSPS) is 21.3. The fourth-order valence-corrected chi connectivity index (χ4v) is 3.61. The lowest BCUT2D eigenvalue weighted by atomic mass is 9.82. The summed E-state index contributed by atoms with van der Waals surface area (Å²) < 4.78 is 6.01. The second-order valence-electron chi connectivity index (χ2n) is 7.72. The van der Waals surface area contributed by atoms with E-state index >= 15 is 0 Å². The van der Waals surface area contributed by atoms with Crippen molar-refractivity contribution in [1.82, 2.24) is 10.6 Å². The van der Waals surface area contributed by atoms with E-state index in [2.05, 4.69) is 42.8 Å². The summed E-state index contributed by atoms with van der Waals surface area (Å²) in [7, 11) is 0. The van der Waals surface area contributed by atoms with Crippen LogP contribution in [0.4, 0.5) is 0 Å². The van der Waals surface area contributed by atoms with Crippen molar-refractivity contribution < 1.29 is 9.53 Å². The van der Waals surface area contributed by atoms with Crippen LogP contribution >= 0.6 is 0 Å². The van der Waals surface area contributed by atoms with Crippen LogP contribution in [0, 0.1) is 0 Å². The van der Waals surface area contributed by atoms with Gasteiger partial charge in [0.1, 0.15) is 5.76 Å². The van der Waals surface area contributed by atoms with E-state index in [-0.39, 0.29) is 11.4 Å². The number of hydrogen-bond acceptors (Lipinski definition) is 3. The van der Waals surface area contributed by atoms with Crippen LogP contribution in [0.5, 0.6) is 0 Å². The predicted molar refractivity (Wildman–Crippen MR) is 108 cm³/mol. The summed E-state index contributed by atoms with van der Waals surface area (Å²) in [5.41, 5.74) is 2.55. The number of carbonyl (C=O) groups is 1. The summed E-state index contributed by atoms with van der Waals surface area (Å²) >= 11 is 0. The van der Waals surface area contributed by atoms with Crippen molar-refractivity contribution in [3.63, 3.8) is 0 Å². The number of hydrogen-bond donors (Lipinski definition) is 2. The number of unbranched alkanes of at least 4 members (excludes halogenated alkanes) is 6. The maximum atomic E-state index is 11.1. The van der Waals surface area contributed by atoms with Crippen LogP contribution in [0.3, 0.4) is 0 Å². The van der Waals surface area contributed by atoms with Crippen LogP contribution < -0.4 is 10.6 Å². The number of rotatable bonds is 12. The lowest BCUT2D eigenvalue weighted by Crippen LogP contribution is -2.38. The maximum absolute atomic E-state index is 11.1. The van der Waals surface area contributed by atoms with Crippen molar-refractivity contribution in [2.24, 2.45) is 0 Å². The van der Waals surface area contributed by atoms with Crippen molar-refractivity contribution in [2.75, 3.05) is 13.2 Å². The highest BCUT2D eigenvalue weighted by atomic mass is 16.5. The van der Waals surface area contributed by atoms with Gasteiger partial charge < -0.3 is 15.4 Å². The molecule has 4 heteroatoms. The first-order chi connectivity index (χ1) is 12.5. The molecule has 0 saturated carbocycles. The summed E-state index contributed by atoms with van der Waals surface area (Å²) in [6.45, 7) is 7.52. The molecule has 4 nitrogen and oxygen atoms in total. The van der Waals surface area contributed by atoms with Gasteiger partial charge in [-0.2, -0.15) is 0 Å². The second-order valence-corrected chi connectivity index (χ2v) is 7.72. The Balaban J connectivity index is 1.74. The fourth-order valence-electron chi connectivity index (χ4n) is 3.61. The molecule has 146 valence electrons. The molecule has 1 atom stereocenters. The van der Waals surface area contributed by atoms with Crippen molar-refractivity contribution in [2.45, 2.75) is 84.1 Å². The lowest BCUT2D eigenvalue weighted by Gasteiger charge is -2.30. The Morgan fingerprint density at radius 1 is 1.23 bits per heavy atom. The molecule has 2 rings (SSSR count). The highest BCUT2D eigenvalue weighted by molar-refractivity contribution is 5.72. The molecule has 0 saturated heterocycles. The number of carbonyl (C=O) groups excluding carboxylic acids is 1. The molecule has 0 aromatic rings. The van der Waals surface area contributed by atoms with Gasteiger partial charge in [-0.1, -0.05) is 45.4 Å². The number of amides is 1. The minimum atomic E-state index is -0.0301. The number of nitrogens with one attached hydrogen (secondary N) is 2. The minimum Gasteiger partial charge on any atom is -0.494 e. The Labute approximate surface area is 159 Å². The van der Waals surface area contributed by atoms with Crippen LogP contribution in [0.1, 0.15) is 78.6 Å². The molecule has 1 aliphatic heterocycles. The summed E-state index contributed by atoms with van der Waals surface area (Å²) in [6.07, 6.45) is 17.4. The number of fused-ring (bicyclic) bond motifs is 1. The van der Waals surface area contributed by atoms with Gasteiger partial charge in [0.25, 0.3) is 0 Å². The third-order valence-electron chi connectivity index (χ3n) is 5.29. The van der Waals surface area contributed by atoms with Gasteiger partial charge in [0, 0.05) is 19.7 Å². The van der Waals surface area contributed by atoms with E-state index in [0.29, 0.717) is 6.54 Å². The van der Waals surface area contributed by atoms with Crippen LogP contribution in [0.2, 0.25) is 0 Å². The SMILES string of the molecule is CCCCCCCCCOC1=CCC2(C)NC=C(CCNC(C)=O)C2=C1. The monoisotopic (exact) mass is 360 g/mol. The van der Waals surface area contributed by atoms with E-state index in [0.717, 1.165) is 31.6 Å². The molecule has 1 amide bonds. The molecule has 2 N–H and O–H groups in total. The Bertz CT molecular complexity index is 562. The summed E-state index contributed by atoms with van der Waals surface area (Å²) in [6, 6.07) is 0. The van der Waals surface area contributed by atoms with Gasteiger partial charge in [-0.3, -0.25) is 4.79 Å². The average molecular weight is 361 g/mol. The van der Waals surface area contributed by atoms with Crippen LogP contribution in [-0.4, -0.2) is 24.6 Å². The average Bonchev–Trinajstić information content (AvgIpc) is 2.93. The van der Waals surface area contributed by atoms with Crippen molar-refractivity contribution in [1.29, 1.82) is 0 Å². The lowest BCUT2D eigenvalue weighted by molar-refractivity contribution is -0.118. The second kappa shape index (κ2) is 10.4.